The van der Waals surface area contributed by atoms with Crippen LogP contribution in [-0.4, -0.2) is 24.4 Å². The van der Waals surface area contributed by atoms with E-state index in [1.54, 1.807) is 0 Å². The van der Waals surface area contributed by atoms with E-state index in [9.17, 15) is 0 Å². The smallest absolute Gasteiger partial charge is 0.0773 e. The van der Waals surface area contributed by atoms with Gasteiger partial charge in [-0.25, -0.2) is 0 Å². The first-order valence-corrected chi connectivity index (χ1v) is 4.57. The maximum Gasteiger partial charge on any atom is 0.0773 e. The fourth-order valence-corrected chi connectivity index (χ4v) is 0.887. The lowest BCUT2D eigenvalue weighted by atomic mass is 10.2. The van der Waals surface area contributed by atoms with Crippen LogP contribution in [0.1, 0.15) is 39.5 Å². The summed E-state index contributed by atoms with van der Waals surface area (Å²) in [4.78, 5) is 0. The summed E-state index contributed by atoms with van der Waals surface area (Å²) in [5.41, 5.74) is 0. The molecule has 0 spiro atoms. The van der Waals surface area contributed by atoms with Crippen molar-refractivity contribution in [2.75, 3.05) is 13.2 Å². The van der Waals surface area contributed by atoms with E-state index in [-0.39, 0.29) is 6.10 Å². The summed E-state index contributed by atoms with van der Waals surface area (Å²) < 4.78 is 5.06. The minimum absolute atomic E-state index is 0.197. The van der Waals surface area contributed by atoms with Crippen LogP contribution in [0.5, 0.6) is 0 Å². The lowest BCUT2D eigenvalue weighted by molar-refractivity contribution is 0.0512. The van der Waals surface area contributed by atoms with E-state index in [1.807, 2.05) is 0 Å². The SMILES string of the molecule is CCC.OC1CCCCOC1. The van der Waals surface area contributed by atoms with E-state index in [0.717, 1.165) is 25.9 Å². The summed E-state index contributed by atoms with van der Waals surface area (Å²) >= 11 is 0. The number of ether oxygens (including phenoxy) is 1. The summed E-state index contributed by atoms with van der Waals surface area (Å²) in [7, 11) is 0. The van der Waals surface area contributed by atoms with Gasteiger partial charge in [0.1, 0.15) is 0 Å². The Morgan fingerprint density at radius 2 is 2.00 bits per heavy atom. The van der Waals surface area contributed by atoms with Crippen molar-refractivity contribution < 1.29 is 9.84 Å². The van der Waals surface area contributed by atoms with Gasteiger partial charge < -0.3 is 9.84 Å². The van der Waals surface area contributed by atoms with E-state index >= 15 is 0 Å². The van der Waals surface area contributed by atoms with Gasteiger partial charge in [-0.2, -0.15) is 0 Å². The van der Waals surface area contributed by atoms with Crippen LogP contribution < -0.4 is 0 Å². The lowest BCUT2D eigenvalue weighted by Crippen LogP contribution is -2.11. The van der Waals surface area contributed by atoms with E-state index in [1.165, 1.54) is 6.42 Å². The minimum atomic E-state index is -0.197. The van der Waals surface area contributed by atoms with Crippen LogP contribution in [0.2, 0.25) is 0 Å². The van der Waals surface area contributed by atoms with Gasteiger partial charge in [0.2, 0.25) is 0 Å². The van der Waals surface area contributed by atoms with Gasteiger partial charge in [0.25, 0.3) is 0 Å². The van der Waals surface area contributed by atoms with Gasteiger partial charge in [-0.1, -0.05) is 20.3 Å². The van der Waals surface area contributed by atoms with E-state index in [4.69, 9.17) is 9.84 Å². The van der Waals surface area contributed by atoms with Gasteiger partial charge in [0, 0.05) is 6.61 Å². The van der Waals surface area contributed by atoms with E-state index < -0.39 is 0 Å². The van der Waals surface area contributed by atoms with Gasteiger partial charge in [0.05, 0.1) is 12.7 Å². The molecule has 0 radical (unpaired) electrons. The number of aliphatic hydroxyl groups is 1. The standard InChI is InChI=1S/C6H12O2.C3H8/c7-6-3-1-2-4-8-5-6;1-3-2/h6-7H,1-5H2;3H2,1-2H3. The molecular weight excluding hydrogens is 140 g/mol. The molecule has 1 heterocycles. The average Bonchev–Trinajstić information content (AvgIpc) is 2.18. The molecule has 1 atom stereocenters. The van der Waals surface area contributed by atoms with Crippen molar-refractivity contribution in [3.05, 3.63) is 0 Å². The largest absolute Gasteiger partial charge is 0.391 e. The Balaban J connectivity index is 0.000000292. The van der Waals surface area contributed by atoms with Crippen LogP contribution in [0, 0.1) is 0 Å². The Bertz CT molecular complexity index is 66.0. The zero-order chi connectivity index (χ0) is 8.53. The summed E-state index contributed by atoms with van der Waals surface area (Å²) in [5, 5.41) is 8.96. The van der Waals surface area contributed by atoms with Crippen LogP contribution in [0.3, 0.4) is 0 Å². The molecule has 1 N–H and O–H groups in total. The highest BCUT2D eigenvalue weighted by Crippen LogP contribution is 2.06. The fourth-order valence-electron chi connectivity index (χ4n) is 0.887. The van der Waals surface area contributed by atoms with Crippen molar-refractivity contribution in [1.82, 2.24) is 0 Å². The second-order valence-corrected chi connectivity index (χ2v) is 2.93. The molecule has 1 aliphatic heterocycles. The zero-order valence-electron chi connectivity index (χ0n) is 7.68. The molecule has 1 aliphatic rings. The van der Waals surface area contributed by atoms with Crippen LogP contribution in [0.25, 0.3) is 0 Å². The van der Waals surface area contributed by atoms with Gasteiger partial charge in [0.15, 0.2) is 0 Å². The topological polar surface area (TPSA) is 29.5 Å². The minimum Gasteiger partial charge on any atom is -0.391 e. The summed E-state index contributed by atoms with van der Waals surface area (Å²) in [6, 6.07) is 0. The van der Waals surface area contributed by atoms with Crippen molar-refractivity contribution in [3.63, 3.8) is 0 Å². The quantitative estimate of drug-likeness (QED) is 0.587. The molecule has 1 rings (SSSR count). The molecule has 2 nitrogen and oxygen atoms in total. The molecule has 0 amide bonds. The van der Waals surface area contributed by atoms with Crippen molar-refractivity contribution in [3.8, 4) is 0 Å². The second kappa shape index (κ2) is 8.02. The summed E-state index contributed by atoms with van der Waals surface area (Å²) in [6.45, 7) is 5.62. The molecule has 0 aromatic rings. The lowest BCUT2D eigenvalue weighted by Gasteiger charge is -2.02. The molecular formula is C9H20O2. The first kappa shape index (κ1) is 10.9. The molecule has 0 aliphatic carbocycles. The number of hydrogen-bond donors (Lipinski definition) is 1. The third-order valence-electron chi connectivity index (χ3n) is 1.39. The van der Waals surface area contributed by atoms with Crippen molar-refractivity contribution in [1.29, 1.82) is 0 Å². The van der Waals surface area contributed by atoms with Gasteiger partial charge in [-0.3, -0.25) is 0 Å². The van der Waals surface area contributed by atoms with E-state index in [2.05, 4.69) is 13.8 Å². The summed E-state index contributed by atoms with van der Waals surface area (Å²) in [6.07, 6.45) is 4.19. The molecule has 68 valence electrons. The predicted molar refractivity (Wildman–Crippen MR) is 46.6 cm³/mol. The van der Waals surface area contributed by atoms with Gasteiger partial charge in [-0.05, 0) is 19.3 Å². The molecule has 1 saturated heterocycles. The van der Waals surface area contributed by atoms with Gasteiger partial charge >= 0.3 is 0 Å². The molecule has 11 heavy (non-hydrogen) atoms. The van der Waals surface area contributed by atoms with Crippen molar-refractivity contribution in [2.24, 2.45) is 0 Å². The molecule has 1 unspecified atom stereocenters. The van der Waals surface area contributed by atoms with Gasteiger partial charge in [-0.15, -0.1) is 0 Å². The number of rotatable bonds is 0. The van der Waals surface area contributed by atoms with Crippen LogP contribution in [-0.2, 0) is 4.74 Å². The third kappa shape index (κ3) is 7.82. The van der Waals surface area contributed by atoms with Crippen LogP contribution in [0.4, 0.5) is 0 Å². The Kier molecular flexibility index (Phi) is 7.96. The van der Waals surface area contributed by atoms with Crippen molar-refractivity contribution in [2.45, 2.75) is 45.6 Å². The molecule has 2 heteroatoms. The highest BCUT2D eigenvalue weighted by molar-refractivity contribution is 4.57. The fraction of sp³-hybridized carbons (Fsp3) is 1.00. The first-order chi connectivity index (χ1) is 5.31. The number of aliphatic hydroxyl groups excluding tert-OH is 1. The van der Waals surface area contributed by atoms with Crippen LogP contribution in [0.15, 0.2) is 0 Å². The second-order valence-electron chi connectivity index (χ2n) is 2.93. The average molecular weight is 160 g/mol. The maximum atomic E-state index is 8.96. The molecule has 0 aromatic carbocycles. The Morgan fingerprint density at radius 1 is 1.36 bits per heavy atom. The molecule has 0 bridgehead atoms. The Labute approximate surface area is 69.6 Å². The Hall–Kier alpha value is -0.0800. The Morgan fingerprint density at radius 3 is 2.64 bits per heavy atom. The molecule has 0 saturated carbocycles. The highest BCUT2D eigenvalue weighted by atomic mass is 16.5. The summed E-state index contributed by atoms with van der Waals surface area (Å²) in [5.74, 6) is 0. The first-order valence-electron chi connectivity index (χ1n) is 4.57. The van der Waals surface area contributed by atoms with Crippen LogP contribution >= 0.6 is 0 Å². The van der Waals surface area contributed by atoms with Crippen molar-refractivity contribution >= 4 is 0 Å². The van der Waals surface area contributed by atoms with E-state index in [0.29, 0.717) is 6.61 Å². The maximum absolute atomic E-state index is 8.96. The zero-order valence-corrected chi connectivity index (χ0v) is 7.68. The molecule has 0 aromatic heterocycles. The molecule has 1 fully saturated rings. The third-order valence-corrected chi connectivity index (χ3v) is 1.39. The number of hydrogen-bond acceptors (Lipinski definition) is 2. The normalized spacial score (nSPS) is 24.8. The predicted octanol–water partition coefficient (Wildman–Crippen LogP) is 1.96. The highest BCUT2D eigenvalue weighted by Gasteiger charge is 2.06. The monoisotopic (exact) mass is 160 g/mol.